The van der Waals surface area contributed by atoms with E-state index in [9.17, 15) is 14.4 Å². The highest BCUT2D eigenvalue weighted by atomic mass is 16.6. The first-order chi connectivity index (χ1) is 18.4. The van der Waals surface area contributed by atoms with Crippen LogP contribution in [0.5, 0.6) is 11.5 Å². The van der Waals surface area contributed by atoms with Crippen molar-refractivity contribution in [2.24, 2.45) is 0 Å². The Morgan fingerprint density at radius 3 is 1.53 bits per heavy atom. The van der Waals surface area contributed by atoms with Gasteiger partial charge in [0.2, 0.25) is 0 Å². The van der Waals surface area contributed by atoms with E-state index in [1.54, 1.807) is 24.3 Å². The molecule has 1 heterocycles. The van der Waals surface area contributed by atoms with Gasteiger partial charge in [0.25, 0.3) is 0 Å². The molecule has 1 aliphatic heterocycles. The highest BCUT2D eigenvalue weighted by Crippen LogP contribution is 2.52. The molecule has 0 unspecified atom stereocenters. The van der Waals surface area contributed by atoms with Gasteiger partial charge in [-0.3, -0.25) is 9.59 Å². The molecular weight excluding hydrogens is 480 g/mol. The summed E-state index contributed by atoms with van der Waals surface area (Å²) in [5, 5.41) is 2.95. The summed E-state index contributed by atoms with van der Waals surface area (Å²) < 4.78 is 17.4. The fourth-order valence-electron chi connectivity index (χ4n) is 5.41. The summed E-state index contributed by atoms with van der Waals surface area (Å²) in [6, 6.07) is 29.6. The van der Waals surface area contributed by atoms with E-state index < -0.39 is 23.5 Å². The molecule has 0 fully saturated rings. The Balaban J connectivity index is 1.74. The molecule has 6 heteroatoms. The number of rotatable bonds is 4. The molecule has 38 heavy (non-hydrogen) atoms. The maximum atomic E-state index is 13.4. The lowest BCUT2D eigenvalue weighted by atomic mass is 9.76. The lowest BCUT2D eigenvalue weighted by Crippen LogP contribution is -2.30. The van der Waals surface area contributed by atoms with Gasteiger partial charge in [-0.2, -0.15) is 0 Å². The van der Waals surface area contributed by atoms with Crippen molar-refractivity contribution < 1.29 is 28.6 Å². The molecule has 0 saturated carbocycles. The van der Waals surface area contributed by atoms with Gasteiger partial charge in [-0.05, 0) is 41.1 Å². The number of cyclic esters (lactones) is 1. The second-order valence-electron chi connectivity index (χ2n) is 9.12. The number of hydrogen-bond donors (Lipinski definition) is 0. The van der Waals surface area contributed by atoms with Crippen molar-refractivity contribution in [1.29, 1.82) is 0 Å². The molecule has 6 nitrogen and oxygen atoms in total. The third kappa shape index (κ3) is 3.53. The van der Waals surface area contributed by atoms with Gasteiger partial charge in [-0.15, -0.1) is 0 Å². The van der Waals surface area contributed by atoms with E-state index in [2.05, 4.69) is 0 Å². The summed E-state index contributed by atoms with van der Waals surface area (Å²) in [4.78, 5) is 37.0. The third-order valence-corrected chi connectivity index (χ3v) is 6.81. The van der Waals surface area contributed by atoms with Crippen LogP contribution in [0.1, 0.15) is 40.9 Å². The summed E-state index contributed by atoms with van der Waals surface area (Å²) in [6.07, 6.45) is 0. The van der Waals surface area contributed by atoms with Gasteiger partial charge in [0.15, 0.2) is 5.60 Å². The van der Waals surface area contributed by atoms with Crippen molar-refractivity contribution in [3.8, 4) is 11.5 Å². The maximum absolute atomic E-state index is 13.4. The molecule has 0 radical (unpaired) electrons. The third-order valence-electron chi connectivity index (χ3n) is 6.81. The second-order valence-corrected chi connectivity index (χ2v) is 9.12. The van der Waals surface area contributed by atoms with Crippen molar-refractivity contribution in [2.75, 3.05) is 0 Å². The minimum Gasteiger partial charge on any atom is -0.441 e. The quantitative estimate of drug-likeness (QED) is 0.212. The maximum Gasteiger partial charge on any atom is 0.340 e. The minimum absolute atomic E-state index is 0.416. The lowest BCUT2D eigenvalue weighted by molar-refractivity contribution is -0.132. The van der Waals surface area contributed by atoms with Crippen LogP contribution >= 0.6 is 0 Å². The van der Waals surface area contributed by atoms with Crippen LogP contribution in [-0.4, -0.2) is 17.9 Å². The topological polar surface area (TPSA) is 78.9 Å². The Bertz CT molecular complexity index is 1690. The summed E-state index contributed by atoms with van der Waals surface area (Å²) in [5.41, 5.74) is 1.27. The number of carbonyl (C=O) groups is 3. The molecule has 0 bridgehead atoms. The van der Waals surface area contributed by atoms with Crippen molar-refractivity contribution in [3.05, 3.63) is 119 Å². The molecule has 186 valence electrons. The number of ether oxygens (including phenoxy) is 3. The molecule has 6 rings (SSSR count). The summed E-state index contributed by atoms with van der Waals surface area (Å²) in [7, 11) is 0. The zero-order valence-electron chi connectivity index (χ0n) is 20.7. The fraction of sp³-hybridized carbons (Fsp3) is 0.0938. The molecule has 0 aliphatic carbocycles. The number of benzene rings is 5. The summed E-state index contributed by atoms with van der Waals surface area (Å²) in [6.45, 7) is 2.71. The van der Waals surface area contributed by atoms with Crippen molar-refractivity contribution >= 4 is 39.5 Å². The van der Waals surface area contributed by atoms with Crippen LogP contribution in [-0.2, 0) is 19.9 Å². The van der Waals surface area contributed by atoms with E-state index in [0.29, 0.717) is 44.5 Å². The SMILES string of the molecule is CC(=O)Oc1ccc(C2(c3ccc(OC(C)=O)c4ccccc34)OC(=O)c3ccccc32)c2ccccc12. The molecule has 0 atom stereocenters. The lowest BCUT2D eigenvalue weighted by Gasteiger charge is -2.33. The van der Waals surface area contributed by atoms with E-state index in [1.807, 2.05) is 72.8 Å². The van der Waals surface area contributed by atoms with Crippen LogP contribution in [0.3, 0.4) is 0 Å². The van der Waals surface area contributed by atoms with E-state index in [4.69, 9.17) is 14.2 Å². The Hall–Kier alpha value is -4.97. The van der Waals surface area contributed by atoms with Crippen molar-refractivity contribution in [1.82, 2.24) is 0 Å². The zero-order chi connectivity index (χ0) is 26.4. The van der Waals surface area contributed by atoms with E-state index >= 15 is 0 Å². The highest BCUT2D eigenvalue weighted by molar-refractivity contribution is 6.02. The monoisotopic (exact) mass is 502 g/mol. The predicted octanol–water partition coefficient (Wildman–Crippen LogP) is 6.31. The molecule has 5 aromatic carbocycles. The molecule has 0 aromatic heterocycles. The van der Waals surface area contributed by atoms with Gasteiger partial charge in [0.05, 0.1) is 5.56 Å². The van der Waals surface area contributed by atoms with Gasteiger partial charge in [0, 0.05) is 41.3 Å². The van der Waals surface area contributed by atoms with Gasteiger partial charge in [-0.1, -0.05) is 66.7 Å². The highest BCUT2D eigenvalue weighted by Gasteiger charge is 2.50. The number of carbonyl (C=O) groups excluding carboxylic acids is 3. The van der Waals surface area contributed by atoms with Crippen LogP contribution in [0.4, 0.5) is 0 Å². The Morgan fingerprint density at radius 2 is 1.03 bits per heavy atom. The summed E-state index contributed by atoms with van der Waals surface area (Å²) >= 11 is 0. The molecule has 5 aromatic rings. The largest absolute Gasteiger partial charge is 0.441 e. The van der Waals surface area contributed by atoms with E-state index in [1.165, 1.54) is 13.8 Å². The number of fused-ring (bicyclic) bond motifs is 3. The standard InChI is InChI=1S/C32H22O6/c1-19(33)36-29-17-15-27(21-9-3-5-11-23(21)29)32(26-14-8-7-13-25(26)31(35)38-32)28-16-18-30(37-20(2)34)24-12-6-4-10-22(24)28/h3-18H,1-2H3. The first-order valence-corrected chi connectivity index (χ1v) is 12.1. The van der Waals surface area contributed by atoms with Crippen LogP contribution in [0, 0.1) is 0 Å². The summed E-state index contributed by atoms with van der Waals surface area (Å²) in [5.74, 6) is -0.467. The van der Waals surface area contributed by atoms with E-state index in [0.717, 1.165) is 10.8 Å². The first kappa shape index (κ1) is 23.4. The van der Waals surface area contributed by atoms with Crippen molar-refractivity contribution in [3.63, 3.8) is 0 Å². The average Bonchev–Trinajstić information content (AvgIpc) is 3.21. The first-order valence-electron chi connectivity index (χ1n) is 12.1. The van der Waals surface area contributed by atoms with E-state index in [-0.39, 0.29) is 0 Å². The molecule has 0 N–H and O–H groups in total. The molecule has 0 saturated heterocycles. The normalized spacial score (nSPS) is 13.7. The van der Waals surface area contributed by atoms with Crippen LogP contribution in [0.25, 0.3) is 21.5 Å². The van der Waals surface area contributed by atoms with Gasteiger partial charge in [-0.25, -0.2) is 4.79 Å². The Labute approximate surface area is 218 Å². The fourth-order valence-corrected chi connectivity index (χ4v) is 5.41. The molecule has 1 aliphatic rings. The second kappa shape index (κ2) is 8.85. The Morgan fingerprint density at radius 1 is 0.579 bits per heavy atom. The molecule has 0 amide bonds. The predicted molar refractivity (Wildman–Crippen MR) is 142 cm³/mol. The zero-order valence-corrected chi connectivity index (χ0v) is 20.7. The van der Waals surface area contributed by atoms with Crippen LogP contribution in [0.2, 0.25) is 0 Å². The van der Waals surface area contributed by atoms with Crippen LogP contribution < -0.4 is 9.47 Å². The smallest absolute Gasteiger partial charge is 0.340 e. The average molecular weight is 503 g/mol. The van der Waals surface area contributed by atoms with Crippen LogP contribution in [0.15, 0.2) is 97.1 Å². The minimum atomic E-state index is -1.32. The van der Waals surface area contributed by atoms with Gasteiger partial charge >= 0.3 is 17.9 Å². The number of hydrogen-bond acceptors (Lipinski definition) is 6. The van der Waals surface area contributed by atoms with Gasteiger partial charge in [0.1, 0.15) is 11.5 Å². The number of esters is 3. The van der Waals surface area contributed by atoms with Crippen molar-refractivity contribution in [2.45, 2.75) is 19.4 Å². The Kier molecular flexibility index (Phi) is 5.46. The molecular formula is C32H22O6. The molecule has 0 spiro atoms. The van der Waals surface area contributed by atoms with Gasteiger partial charge < -0.3 is 14.2 Å².